The van der Waals surface area contributed by atoms with Crippen molar-refractivity contribution in [1.82, 2.24) is 9.62 Å². The van der Waals surface area contributed by atoms with Gasteiger partial charge in [-0.1, -0.05) is 30.3 Å². The quantitative estimate of drug-likeness (QED) is 0.403. The standard InChI is InChI=1S/C31H39FN2O4S/c32-28-19-29(26(24-6-7-24)18-27(28)30(35)33-39(36,37)25-8-9-25)38-17-11-22-10-12-31(20-22)13-15-34(16-14-31)21-23-4-2-1-3-5-23/h1-5,18-19,22,24-25H,6-17,20-21H2,(H,33,35). The van der Waals surface area contributed by atoms with Crippen molar-refractivity contribution in [3.05, 3.63) is 65.0 Å². The molecule has 0 radical (unpaired) electrons. The maximum atomic E-state index is 15.0. The molecule has 1 unspecified atom stereocenters. The first-order valence-electron chi connectivity index (χ1n) is 14.6. The van der Waals surface area contributed by atoms with Gasteiger partial charge in [-0.05, 0) is 112 Å². The lowest BCUT2D eigenvalue weighted by molar-refractivity contribution is 0.0977. The molecule has 210 valence electrons. The van der Waals surface area contributed by atoms with E-state index in [4.69, 9.17) is 4.74 Å². The average Bonchev–Trinajstić information content (AvgIpc) is 3.84. The second-order valence-corrected chi connectivity index (χ2v) is 14.3. The zero-order valence-electron chi connectivity index (χ0n) is 22.5. The molecule has 1 atom stereocenters. The topological polar surface area (TPSA) is 75.7 Å². The van der Waals surface area contributed by atoms with Crippen molar-refractivity contribution in [1.29, 1.82) is 0 Å². The number of nitrogens with one attached hydrogen (secondary N) is 1. The minimum atomic E-state index is -3.73. The molecule has 1 amide bonds. The van der Waals surface area contributed by atoms with Crippen LogP contribution in [0, 0.1) is 17.2 Å². The second kappa shape index (κ2) is 10.8. The lowest BCUT2D eigenvalue weighted by Crippen LogP contribution is -2.38. The van der Waals surface area contributed by atoms with Gasteiger partial charge in [0, 0.05) is 12.6 Å². The zero-order valence-corrected chi connectivity index (χ0v) is 23.4. The SMILES string of the molecule is O=C(NS(=O)(=O)C1CC1)c1cc(C2CC2)c(OCCC2CCC3(CCN(Cc4ccccc4)CC3)C2)cc1F. The van der Waals surface area contributed by atoms with E-state index in [0.29, 0.717) is 36.5 Å². The number of carbonyl (C=O) groups is 1. The van der Waals surface area contributed by atoms with Gasteiger partial charge < -0.3 is 4.74 Å². The Hall–Kier alpha value is -2.45. The van der Waals surface area contributed by atoms with Crippen LogP contribution in [-0.4, -0.2) is 44.2 Å². The van der Waals surface area contributed by atoms with Gasteiger partial charge in [0.2, 0.25) is 10.0 Å². The normalized spacial score (nSPS) is 23.2. The molecule has 2 aromatic carbocycles. The number of piperidine rings is 1. The summed E-state index contributed by atoms with van der Waals surface area (Å²) in [6.45, 7) is 3.88. The molecule has 1 saturated heterocycles. The molecule has 0 bridgehead atoms. The number of rotatable bonds is 10. The molecule has 3 aliphatic carbocycles. The fraction of sp³-hybridized carbons (Fsp3) is 0.581. The van der Waals surface area contributed by atoms with E-state index in [-0.39, 0.29) is 11.5 Å². The van der Waals surface area contributed by atoms with Crippen LogP contribution < -0.4 is 9.46 Å². The van der Waals surface area contributed by atoms with E-state index < -0.39 is 27.0 Å². The van der Waals surface area contributed by atoms with Crippen molar-refractivity contribution in [2.75, 3.05) is 19.7 Å². The summed E-state index contributed by atoms with van der Waals surface area (Å²) in [4.78, 5) is 15.2. The van der Waals surface area contributed by atoms with E-state index >= 15 is 0 Å². The summed E-state index contributed by atoms with van der Waals surface area (Å²) < 4.78 is 47.5. The molecule has 3 saturated carbocycles. The number of carbonyl (C=O) groups excluding carboxylic acids is 1. The van der Waals surface area contributed by atoms with Crippen LogP contribution in [0.15, 0.2) is 42.5 Å². The van der Waals surface area contributed by atoms with E-state index in [1.807, 2.05) is 0 Å². The first kappa shape index (κ1) is 26.8. The van der Waals surface area contributed by atoms with Crippen LogP contribution in [0.1, 0.15) is 91.6 Å². The Morgan fingerprint density at radius 2 is 1.77 bits per heavy atom. The predicted octanol–water partition coefficient (Wildman–Crippen LogP) is 5.78. The molecule has 2 aromatic rings. The van der Waals surface area contributed by atoms with Crippen LogP contribution in [-0.2, 0) is 16.6 Å². The van der Waals surface area contributed by atoms with Crippen molar-refractivity contribution in [3.8, 4) is 5.75 Å². The van der Waals surface area contributed by atoms with Crippen molar-refractivity contribution in [2.45, 2.75) is 81.9 Å². The summed E-state index contributed by atoms with van der Waals surface area (Å²) >= 11 is 0. The fourth-order valence-corrected chi connectivity index (χ4v) is 7.91. The van der Waals surface area contributed by atoms with Gasteiger partial charge in [0.15, 0.2) is 0 Å². The van der Waals surface area contributed by atoms with Crippen molar-refractivity contribution < 1.29 is 22.3 Å². The first-order valence-corrected chi connectivity index (χ1v) is 16.1. The predicted molar refractivity (Wildman–Crippen MR) is 149 cm³/mol. The van der Waals surface area contributed by atoms with Crippen molar-refractivity contribution >= 4 is 15.9 Å². The molecular formula is C31H39FN2O4S. The second-order valence-electron chi connectivity index (χ2n) is 12.3. The van der Waals surface area contributed by atoms with Crippen LogP contribution in [0.25, 0.3) is 0 Å². The summed E-state index contributed by atoms with van der Waals surface area (Å²) in [5.41, 5.74) is 2.44. The molecule has 1 N–H and O–H groups in total. The number of sulfonamides is 1. The van der Waals surface area contributed by atoms with Gasteiger partial charge in [0.25, 0.3) is 5.91 Å². The number of amides is 1. The summed E-state index contributed by atoms with van der Waals surface area (Å²) in [7, 11) is -3.73. The van der Waals surface area contributed by atoms with E-state index in [1.165, 1.54) is 49.8 Å². The molecule has 6 nitrogen and oxygen atoms in total. The Morgan fingerprint density at radius 3 is 2.46 bits per heavy atom. The first-order chi connectivity index (χ1) is 18.8. The molecule has 0 aromatic heterocycles. The van der Waals surface area contributed by atoms with Crippen LogP contribution in [0.2, 0.25) is 0 Å². The van der Waals surface area contributed by atoms with E-state index in [1.54, 1.807) is 0 Å². The fourth-order valence-electron chi connectivity index (χ4n) is 6.62. The van der Waals surface area contributed by atoms with E-state index in [9.17, 15) is 17.6 Å². The molecule has 8 heteroatoms. The Labute approximate surface area is 231 Å². The number of benzene rings is 2. The maximum absolute atomic E-state index is 15.0. The van der Waals surface area contributed by atoms with E-state index in [0.717, 1.165) is 44.5 Å². The highest BCUT2D eigenvalue weighted by molar-refractivity contribution is 7.91. The number of nitrogens with zero attached hydrogens (tertiary/aromatic N) is 1. The smallest absolute Gasteiger partial charge is 0.267 e. The lowest BCUT2D eigenvalue weighted by Gasteiger charge is -2.39. The van der Waals surface area contributed by atoms with Gasteiger partial charge >= 0.3 is 0 Å². The zero-order chi connectivity index (χ0) is 27.0. The number of ether oxygens (including phenoxy) is 1. The maximum Gasteiger partial charge on any atom is 0.267 e. The van der Waals surface area contributed by atoms with Gasteiger partial charge in [0.05, 0.1) is 17.4 Å². The van der Waals surface area contributed by atoms with Crippen LogP contribution in [0.3, 0.4) is 0 Å². The number of halogens is 1. The average molecular weight is 555 g/mol. The summed E-state index contributed by atoms with van der Waals surface area (Å²) in [5, 5.41) is -0.536. The monoisotopic (exact) mass is 554 g/mol. The Morgan fingerprint density at radius 1 is 1.03 bits per heavy atom. The number of likely N-dealkylation sites (tertiary alicyclic amines) is 1. The van der Waals surface area contributed by atoms with Gasteiger partial charge in [-0.25, -0.2) is 17.5 Å². The van der Waals surface area contributed by atoms with Gasteiger partial charge in [-0.15, -0.1) is 0 Å². The summed E-state index contributed by atoms with van der Waals surface area (Å²) in [6, 6.07) is 13.5. The highest BCUT2D eigenvalue weighted by Crippen LogP contribution is 2.50. The molecule has 1 aliphatic heterocycles. The van der Waals surface area contributed by atoms with Crippen molar-refractivity contribution in [2.24, 2.45) is 11.3 Å². The molecule has 4 aliphatic rings. The molecule has 6 rings (SSSR count). The molecule has 4 fully saturated rings. The largest absolute Gasteiger partial charge is 0.493 e. The van der Waals surface area contributed by atoms with E-state index in [2.05, 4.69) is 40.0 Å². The van der Waals surface area contributed by atoms with Crippen LogP contribution in [0.4, 0.5) is 4.39 Å². The molecule has 1 spiro atoms. The Balaban J connectivity index is 1.01. The Bertz CT molecular complexity index is 1300. The third-order valence-corrected chi connectivity index (χ3v) is 11.1. The highest BCUT2D eigenvalue weighted by atomic mass is 32.2. The van der Waals surface area contributed by atoms with Crippen LogP contribution in [0.5, 0.6) is 5.75 Å². The third kappa shape index (κ3) is 6.32. The lowest BCUT2D eigenvalue weighted by atomic mass is 9.76. The van der Waals surface area contributed by atoms with Gasteiger partial charge in [-0.2, -0.15) is 0 Å². The molecule has 39 heavy (non-hydrogen) atoms. The summed E-state index contributed by atoms with van der Waals surface area (Å²) in [5.74, 6) is -0.266. The van der Waals surface area contributed by atoms with Crippen LogP contribution >= 0.6 is 0 Å². The van der Waals surface area contributed by atoms with Crippen molar-refractivity contribution in [3.63, 3.8) is 0 Å². The Kier molecular flexibility index (Phi) is 7.44. The third-order valence-electron chi connectivity index (χ3n) is 9.31. The summed E-state index contributed by atoms with van der Waals surface area (Å²) in [6.07, 6.45) is 10.2. The highest BCUT2D eigenvalue weighted by Gasteiger charge is 2.41. The van der Waals surface area contributed by atoms with Gasteiger partial charge in [-0.3, -0.25) is 9.69 Å². The van der Waals surface area contributed by atoms with Gasteiger partial charge in [0.1, 0.15) is 11.6 Å². The number of hydrogen-bond donors (Lipinski definition) is 1. The molecular weight excluding hydrogens is 515 g/mol. The number of hydrogen-bond acceptors (Lipinski definition) is 5. The minimum absolute atomic E-state index is 0.218. The molecule has 1 heterocycles. The minimum Gasteiger partial charge on any atom is -0.493 e.